The van der Waals surface area contributed by atoms with Gasteiger partial charge in [-0.25, -0.2) is 18.6 Å². The number of hydrogen-bond donors (Lipinski definition) is 5. The number of nitrogens with one attached hydrogen (secondary N) is 4. The zero-order valence-corrected chi connectivity index (χ0v) is 22.0. The summed E-state index contributed by atoms with van der Waals surface area (Å²) >= 11 is 5.94. The van der Waals surface area contributed by atoms with Crippen molar-refractivity contribution in [1.82, 2.24) is 20.9 Å². The van der Waals surface area contributed by atoms with Crippen molar-refractivity contribution in [3.05, 3.63) is 70.9 Å². The van der Waals surface area contributed by atoms with Gasteiger partial charge in [0.15, 0.2) is 6.19 Å². The third-order valence-electron chi connectivity index (χ3n) is 5.50. The first kappa shape index (κ1) is 30.0. The van der Waals surface area contributed by atoms with Gasteiger partial charge in [0.05, 0.1) is 17.6 Å². The van der Waals surface area contributed by atoms with E-state index in [0.29, 0.717) is 29.2 Å². The van der Waals surface area contributed by atoms with Crippen LogP contribution in [0.1, 0.15) is 18.4 Å². The van der Waals surface area contributed by atoms with E-state index in [9.17, 15) is 18.4 Å². The van der Waals surface area contributed by atoms with Crippen LogP contribution in [0.2, 0.25) is 5.02 Å². The van der Waals surface area contributed by atoms with Crippen molar-refractivity contribution in [2.75, 3.05) is 25.0 Å². The van der Waals surface area contributed by atoms with Crippen molar-refractivity contribution in [2.24, 2.45) is 10.7 Å². The SMILES string of the molecule is N#CNC(N)=NCCC[C@@H](COC(=O)Nc1cc2cc(F)ccc2cn1)NC(=O)CNCc1cccc(F)c1Cl. The Labute approximate surface area is 233 Å². The van der Waals surface area contributed by atoms with Gasteiger partial charge in [-0.3, -0.25) is 20.4 Å². The molecular formula is C26H27ClF2N8O3. The fraction of sp³-hybridized carbons (Fsp3) is 0.269. The molecule has 0 aliphatic heterocycles. The molecule has 1 heterocycles. The Morgan fingerprint density at radius 3 is 2.83 bits per heavy atom. The third-order valence-corrected chi connectivity index (χ3v) is 5.93. The first-order valence-corrected chi connectivity index (χ1v) is 12.5. The molecule has 0 saturated heterocycles. The molecule has 210 valence electrons. The summed E-state index contributed by atoms with van der Waals surface area (Å²) in [6.45, 7) is 0.137. The summed E-state index contributed by atoms with van der Waals surface area (Å²) < 4.78 is 32.4. The number of guanidine groups is 1. The Kier molecular flexibility index (Phi) is 11.4. The van der Waals surface area contributed by atoms with Gasteiger partial charge in [-0.1, -0.05) is 23.7 Å². The molecule has 1 aromatic heterocycles. The van der Waals surface area contributed by atoms with E-state index >= 15 is 0 Å². The lowest BCUT2D eigenvalue weighted by Crippen LogP contribution is -2.43. The van der Waals surface area contributed by atoms with Crippen LogP contribution in [-0.4, -0.2) is 48.7 Å². The predicted octanol–water partition coefficient (Wildman–Crippen LogP) is 3.16. The fourth-order valence-corrected chi connectivity index (χ4v) is 3.80. The number of nitrogens with two attached hydrogens (primary N) is 1. The van der Waals surface area contributed by atoms with E-state index in [0.717, 1.165) is 0 Å². The van der Waals surface area contributed by atoms with Gasteiger partial charge in [-0.05, 0) is 54.1 Å². The molecule has 0 aliphatic rings. The number of nitriles is 1. The molecule has 6 N–H and O–H groups in total. The van der Waals surface area contributed by atoms with Crippen LogP contribution in [0.25, 0.3) is 10.8 Å². The number of hydrogen-bond acceptors (Lipinski definition) is 7. The lowest BCUT2D eigenvalue weighted by molar-refractivity contribution is -0.121. The average Bonchev–Trinajstić information content (AvgIpc) is 2.92. The number of ether oxygens (including phenoxy) is 1. The van der Waals surface area contributed by atoms with Crippen LogP contribution in [0, 0.1) is 23.1 Å². The summed E-state index contributed by atoms with van der Waals surface area (Å²) in [6.07, 6.45) is 3.15. The number of fused-ring (bicyclic) bond motifs is 1. The Bertz CT molecular complexity index is 1420. The average molecular weight is 573 g/mol. The van der Waals surface area contributed by atoms with Crippen LogP contribution in [0.15, 0.2) is 53.7 Å². The van der Waals surface area contributed by atoms with Gasteiger partial charge in [0.25, 0.3) is 0 Å². The lowest BCUT2D eigenvalue weighted by Gasteiger charge is -2.19. The Hall–Kier alpha value is -4.54. The molecule has 11 nitrogen and oxygen atoms in total. The summed E-state index contributed by atoms with van der Waals surface area (Å²) in [5.41, 5.74) is 6.02. The van der Waals surface area contributed by atoms with Crippen molar-refractivity contribution in [3.8, 4) is 6.19 Å². The van der Waals surface area contributed by atoms with Gasteiger partial charge < -0.3 is 21.1 Å². The van der Waals surface area contributed by atoms with Gasteiger partial charge in [0, 0.05) is 24.7 Å². The number of benzene rings is 2. The molecule has 0 saturated carbocycles. The van der Waals surface area contributed by atoms with Gasteiger partial charge in [0.2, 0.25) is 11.9 Å². The zero-order chi connectivity index (χ0) is 28.9. The number of carbonyl (C=O) groups is 2. The third kappa shape index (κ3) is 9.64. The van der Waals surface area contributed by atoms with Gasteiger partial charge in [-0.15, -0.1) is 0 Å². The van der Waals surface area contributed by atoms with Crippen molar-refractivity contribution < 1.29 is 23.1 Å². The van der Waals surface area contributed by atoms with E-state index in [1.807, 2.05) is 0 Å². The number of carbonyl (C=O) groups excluding carboxylic acids is 2. The summed E-state index contributed by atoms with van der Waals surface area (Å²) in [5.74, 6) is -1.25. The van der Waals surface area contributed by atoms with E-state index < -0.39 is 29.7 Å². The molecule has 2 amide bonds. The molecule has 1 atom stereocenters. The lowest BCUT2D eigenvalue weighted by atomic mass is 10.1. The maximum atomic E-state index is 13.6. The number of amides is 2. The largest absolute Gasteiger partial charge is 0.447 e. The minimum Gasteiger partial charge on any atom is -0.447 e. The van der Waals surface area contributed by atoms with Crippen molar-refractivity contribution in [3.63, 3.8) is 0 Å². The highest BCUT2D eigenvalue weighted by atomic mass is 35.5. The standard InChI is InChI=1S/C26H27ClF2N8O3/c27-24-17(3-1-5-21(24)29)11-32-13-23(38)36-20(4-2-8-33-25(31)35-15-30)14-40-26(39)37-22-10-18-9-19(28)7-6-16(18)12-34-22/h1,3,5-7,9-10,12,20,32H,2,4,8,11,13-14H2,(H,36,38)(H3,31,33,35)(H,34,37,39)/t20-/m0/s1. The molecule has 3 rings (SSSR count). The van der Waals surface area contributed by atoms with E-state index in [2.05, 4.69) is 31.2 Å². The van der Waals surface area contributed by atoms with Crippen molar-refractivity contribution in [1.29, 1.82) is 5.26 Å². The highest BCUT2D eigenvalue weighted by Gasteiger charge is 2.16. The molecule has 0 aliphatic carbocycles. The Morgan fingerprint density at radius 2 is 2.02 bits per heavy atom. The second-order valence-electron chi connectivity index (χ2n) is 8.51. The summed E-state index contributed by atoms with van der Waals surface area (Å²) in [6, 6.07) is 9.52. The molecule has 14 heteroatoms. The van der Waals surface area contributed by atoms with Crippen LogP contribution in [-0.2, 0) is 16.1 Å². The predicted molar refractivity (Wildman–Crippen MR) is 146 cm³/mol. The van der Waals surface area contributed by atoms with Crippen LogP contribution in [0.3, 0.4) is 0 Å². The number of pyridine rings is 1. The van der Waals surface area contributed by atoms with E-state index in [-0.39, 0.29) is 43.0 Å². The molecule has 0 spiro atoms. The minimum absolute atomic E-state index is 0.0237. The van der Waals surface area contributed by atoms with Crippen LogP contribution in [0.5, 0.6) is 0 Å². The number of halogens is 3. The maximum absolute atomic E-state index is 13.6. The monoisotopic (exact) mass is 572 g/mol. The molecule has 0 unspecified atom stereocenters. The normalized spacial score (nSPS) is 11.9. The van der Waals surface area contributed by atoms with Crippen LogP contribution >= 0.6 is 11.6 Å². The summed E-state index contributed by atoms with van der Waals surface area (Å²) in [4.78, 5) is 33.0. The molecule has 2 aromatic carbocycles. The molecule has 40 heavy (non-hydrogen) atoms. The highest BCUT2D eigenvalue weighted by molar-refractivity contribution is 6.31. The Balaban J connectivity index is 1.54. The van der Waals surface area contributed by atoms with Crippen molar-refractivity contribution >= 4 is 46.2 Å². The summed E-state index contributed by atoms with van der Waals surface area (Å²) in [7, 11) is 0. The van der Waals surface area contributed by atoms with E-state index in [1.165, 1.54) is 36.5 Å². The quantitative estimate of drug-likeness (QED) is 0.0725. The first-order chi connectivity index (χ1) is 19.2. The second kappa shape index (κ2) is 15.2. The van der Waals surface area contributed by atoms with Gasteiger partial charge in [-0.2, -0.15) is 5.26 Å². The molecular weight excluding hydrogens is 546 g/mol. The number of aromatic nitrogens is 1. The smallest absolute Gasteiger partial charge is 0.412 e. The fourth-order valence-electron chi connectivity index (χ4n) is 3.60. The van der Waals surface area contributed by atoms with Gasteiger partial charge in [0.1, 0.15) is 24.1 Å². The molecule has 0 bridgehead atoms. The molecule has 0 radical (unpaired) electrons. The minimum atomic E-state index is -0.818. The van der Waals surface area contributed by atoms with Gasteiger partial charge >= 0.3 is 6.09 Å². The van der Waals surface area contributed by atoms with E-state index in [1.54, 1.807) is 18.3 Å². The van der Waals surface area contributed by atoms with E-state index in [4.69, 9.17) is 27.3 Å². The topological polar surface area (TPSA) is 167 Å². The number of aliphatic imine (C=N–C) groups is 1. The number of rotatable bonds is 12. The van der Waals surface area contributed by atoms with Crippen molar-refractivity contribution in [2.45, 2.75) is 25.4 Å². The number of anilines is 1. The highest BCUT2D eigenvalue weighted by Crippen LogP contribution is 2.19. The van der Waals surface area contributed by atoms with Crippen LogP contribution < -0.4 is 27.0 Å². The Morgan fingerprint density at radius 1 is 1.20 bits per heavy atom. The second-order valence-corrected chi connectivity index (χ2v) is 8.89. The maximum Gasteiger partial charge on any atom is 0.412 e. The zero-order valence-electron chi connectivity index (χ0n) is 21.2. The summed E-state index contributed by atoms with van der Waals surface area (Å²) in [5, 5.41) is 20.1. The van der Waals surface area contributed by atoms with Crippen LogP contribution in [0.4, 0.5) is 19.4 Å². The molecule has 3 aromatic rings. The first-order valence-electron chi connectivity index (χ1n) is 12.1. The molecule has 0 fully saturated rings. The number of nitrogens with zero attached hydrogens (tertiary/aromatic N) is 3.